The minimum atomic E-state index is -3.94. The number of halogens is 3. The van der Waals surface area contributed by atoms with Crippen molar-refractivity contribution in [3.8, 4) is 0 Å². The zero-order chi connectivity index (χ0) is 9.47. The molecule has 0 aliphatic heterocycles. The third kappa shape index (κ3) is 2.18. The van der Waals surface area contributed by atoms with Crippen LogP contribution in [0, 0.1) is 17.8 Å². The molecule has 0 spiro atoms. The molecule has 2 aliphatic carbocycles. The van der Waals surface area contributed by atoms with Gasteiger partial charge in [0.25, 0.3) is 0 Å². The number of fused-ring (bicyclic) bond motifs is 2. The van der Waals surface area contributed by atoms with Gasteiger partial charge in [-0.2, -0.15) is 13.2 Å². The maximum absolute atomic E-state index is 12.0. The second-order valence-corrected chi connectivity index (χ2v) is 4.59. The van der Waals surface area contributed by atoms with E-state index in [2.05, 4.69) is 0 Å². The average molecular weight is 192 g/mol. The van der Waals surface area contributed by atoms with Crippen molar-refractivity contribution in [1.82, 2.24) is 0 Å². The molecule has 2 bridgehead atoms. The molecule has 0 aromatic carbocycles. The molecule has 0 saturated heterocycles. The Labute approximate surface area is 76.5 Å². The SMILES string of the molecule is FC(F)(F)CCC1CC2CCC1C2. The van der Waals surface area contributed by atoms with E-state index >= 15 is 0 Å². The summed E-state index contributed by atoms with van der Waals surface area (Å²) in [6.45, 7) is 0. The van der Waals surface area contributed by atoms with E-state index in [1.54, 1.807) is 0 Å². The zero-order valence-corrected chi connectivity index (χ0v) is 7.61. The Morgan fingerprint density at radius 3 is 2.31 bits per heavy atom. The summed E-state index contributed by atoms with van der Waals surface area (Å²) in [6, 6.07) is 0. The van der Waals surface area contributed by atoms with Crippen molar-refractivity contribution < 1.29 is 13.2 Å². The van der Waals surface area contributed by atoms with Gasteiger partial charge in [-0.3, -0.25) is 0 Å². The maximum atomic E-state index is 12.0. The van der Waals surface area contributed by atoms with Crippen molar-refractivity contribution in [2.45, 2.75) is 44.7 Å². The Hall–Kier alpha value is -0.210. The molecule has 2 saturated carbocycles. The monoisotopic (exact) mass is 192 g/mol. The minimum absolute atomic E-state index is 0.380. The van der Waals surface area contributed by atoms with Crippen molar-refractivity contribution in [2.24, 2.45) is 17.8 Å². The van der Waals surface area contributed by atoms with Gasteiger partial charge in [-0.1, -0.05) is 6.42 Å². The first-order valence-corrected chi connectivity index (χ1v) is 5.11. The van der Waals surface area contributed by atoms with Crippen LogP contribution in [0.2, 0.25) is 0 Å². The molecule has 0 heterocycles. The molecule has 0 aromatic heterocycles. The number of rotatable bonds is 2. The second kappa shape index (κ2) is 3.18. The first kappa shape index (κ1) is 9.35. The van der Waals surface area contributed by atoms with E-state index in [9.17, 15) is 13.2 Å². The summed E-state index contributed by atoms with van der Waals surface area (Å²) < 4.78 is 35.9. The largest absolute Gasteiger partial charge is 0.389 e. The van der Waals surface area contributed by atoms with Gasteiger partial charge in [-0.25, -0.2) is 0 Å². The molecule has 3 heteroatoms. The molecule has 2 aliphatic rings. The van der Waals surface area contributed by atoms with Gasteiger partial charge in [0.2, 0.25) is 0 Å². The topological polar surface area (TPSA) is 0 Å². The van der Waals surface area contributed by atoms with Crippen LogP contribution in [-0.4, -0.2) is 6.18 Å². The Morgan fingerprint density at radius 2 is 1.85 bits per heavy atom. The van der Waals surface area contributed by atoms with Crippen LogP contribution >= 0.6 is 0 Å². The third-order valence-corrected chi connectivity index (χ3v) is 3.68. The Morgan fingerprint density at radius 1 is 1.08 bits per heavy atom. The number of hydrogen-bond acceptors (Lipinski definition) is 0. The second-order valence-electron chi connectivity index (χ2n) is 4.59. The van der Waals surface area contributed by atoms with Gasteiger partial charge in [-0.05, 0) is 43.4 Å². The van der Waals surface area contributed by atoms with Crippen molar-refractivity contribution in [1.29, 1.82) is 0 Å². The van der Waals surface area contributed by atoms with Gasteiger partial charge in [0.15, 0.2) is 0 Å². The van der Waals surface area contributed by atoms with Crippen LogP contribution in [0.25, 0.3) is 0 Å². The molecule has 0 nitrogen and oxygen atoms in total. The fourth-order valence-corrected chi connectivity index (χ4v) is 3.08. The van der Waals surface area contributed by atoms with Crippen LogP contribution in [0.5, 0.6) is 0 Å². The van der Waals surface area contributed by atoms with E-state index in [-0.39, 0.29) is 0 Å². The highest BCUT2D eigenvalue weighted by Gasteiger charge is 2.40. The third-order valence-electron chi connectivity index (χ3n) is 3.68. The van der Waals surface area contributed by atoms with Crippen LogP contribution in [0.15, 0.2) is 0 Å². The molecular weight excluding hydrogens is 177 g/mol. The summed E-state index contributed by atoms with van der Waals surface area (Å²) in [5.74, 6) is 1.79. The predicted octanol–water partition coefficient (Wildman–Crippen LogP) is 3.77. The van der Waals surface area contributed by atoms with Crippen molar-refractivity contribution in [3.63, 3.8) is 0 Å². The van der Waals surface area contributed by atoms with Gasteiger partial charge in [-0.15, -0.1) is 0 Å². The Kier molecular flexibility index (Phi) is 2.28. The van der Waals surface area contributed by atoms with Crippen molar-refractivity contribution in [2.75, 3.05) is 0 Å². The molecule has 0 radical (unpaired) electrons. The van der Waals surface area contributed by atoms with Gasteiger partial charge in [0.1, 0.15) is 0 Å². The smallest absolute Gasteiger partial charge is 0.171 e. The van der Waals surface area contributed by atoms with Crippen LogP contribution in [-0.2, 0) is 0 Å². The molecule has 13 heavy (non-hydrogen) atoms. The average Bonchev–Trinajstić information content (AvgIpc) is 2.58. The molecule has 0 aromatic rings. The standard InChI is InChI=1S/C10H15F3/c11-10(12,13)4-3-9-6-7-1-2-8(9)5-7/h7-9H,1-6H2. The van der Waals surface area contributed by atoms with E-state index in [1.807, 2.05) is 0 Å². The van der Waals surface area contributed by atoms with Gasteiger partial charge < -0.3 is 0 Å². The van der Waals surface area contributed by atoms with E-state index in [1.165, 1.54) is 19.3 Å². The van der Waals surface area contributed by atoms with Gasteiger partial charge in [0, 0.05) is 6.42 Å². The summed E-state index contributed by atoms with van der Waals surface area (Å²) in [4.78, 5) is 0. The summed E-state index contributed by atoms with van der Waals surface area (Å²) in [5, 5.41) is 0. The molecule has 3 unspecified atom stereocenters. The fraction of sp³-hybridized carbons (Fsp3) is 1.00. The lowest BCUT2D eigenvalue weighted by atomic mass is 9.85. The summed E-state index contributed by atoms with van der Waals surface area (Å²) in [6.07, 6.45) is 0.608. The first-order valence-electron chi connectivity index (χ1n) is 5.11. The quantitative estimate of drug-likeness (QED) is 0.624. The predicted molar refractivity (Wildman–Crippen MR) is 44.2 cm³/mol. The molecular formula is C10H15F3. The lowest BCUT2D eigenvalue weighted by Gasteiger charge is -2.21. The number of hydrogen-bond donors (Lipinski definition) is 0. The van der Waals surface area contributed by atoms with Crippen LogP contribution in [0.3, 0.4) is 0 Å². The highest BCUT2D eigenvalue weighted by molar-refractivity contribution is 4.89. The van der Waals surface area contributed by atoms with E-state index in [4.69, 9.17) is 0 Å². The zero-order valence-electron chi connectivity index (χ0n) is 7.61. The summed E-state index contributed by atoms with van der Waals surface area (Å²) >= 11 is 0. The maximum Gasteiger partial charge on any atom is 0.389 e. The highest BCUT2D eigenvalue weighted by Crippen LogP contribution is 2.50. The lowest BCUT2D eigenvalue weighted by Crippen LogP contribution is -2.15. The Bertz CT molecular complexity index is 185. The van der Waals surface area contributed by atoms with E-state index < -0.39 is 12.6 Å². The van der Waals surface area contributed by atoms with Crippen LogP contribution < -0.4 is 0 Å². The molecule has 2 rings (SSSR count). The van der Waals surface area contributed by atoms with Crippen molar-refractivity contribution >= 4 is 0 Å². The first-order chi connectivity index (χ1) is 6.04. The van der Waals surface area contributed by atoms with E-state index in [0.29, 0.717) is 18.3 Å². The van der Waals surface area contributed by atoms with E-state index in [0.717, 1.165) is 12.3 Å². The lowest BCUT2D eigenvalue weighted by molar-refractivity contribution is -0.138. The van der Waals surface area contributed by atoms with Gasteiger partial charge in [0.05, 0.1) is 0 Å². The molecule has 3 atom stereocenters. The summed E-state index contributed by atoms with van der Waals surface area (Å²) in [5.41, 5.74) is 0. The normalized spacial score (nSPS) is 38.5. The molecule has 76 valence electrons. The molecule has 0 amide bonds. The molecule has 2 fully saturated rings. The summed E-state index contributed by atoms with van der Waals surface area (Å²) in [7, 11) is 0. The minimum Gasteiger partial charge on any atom is -0.171 e. The van der Waals surface area contributed by atoms with Gasteiger partial charge >= 0.3 is 6.18 Å². The Balaban J connectivity index is 1.78. The van der Waals surface area contributed by atoms with Crippen LogP contribution in [0.1, 0.15) is 38.5 Å². The number of alkyl halides is 3. The van der Waals surface area contributed by atoms with Crippen molar-refractivity contribution in [3.05, 3.63) is 0 Å². The van der Waals surface area contributed by atoms with Crippen LogP contribution in [0.4, 0.5) is 13.2 Å². The highest BCUT2D eigenvalue weighted by atomic mass is 19.4. The molecule has 0 N–H and O–H groups in total. The fourth-order valence-electron chi connectivity index (χ4n) is 3.08.